The zero-order chi connectivity index (χ0) is 16.5. The van der Waals surface area contributed by atoms with Gasteiger partial charge >= 0.3 is 12.1 Å². The van der Waals surface area contributed by atoms with Crippen LogP contribution in [0, 0.1) is 0 Å². The van der Waals surface area contributed by atoms with Gasteiger partial charge in [-0.15, -0.1) is 11.3 Å². The number of hydrogen-bond donors (Lipinski definition) is 1. The van der Waals surface area contributed by atoms with Gasteiger partial charge in [-0.05, 0) is 25.5 Å². The molecular formula is C15H14F3NO2S. The molecule has 0 fully saturated rings. The first kappa shape index (κ1) is 16.5. The molecule has 0 aliphatic rings. The van der Waals surface area contributed by atoms with E-state index in [2.05, 4.69) is 4.98 Å². The fourth-order valence-electron chi connectivity index (χ4n) is 2.00. The van der Waals surface area contributed by atoms with Crippen molar-refractivity contribution in [2.75, 3.05) is 0 Å². The predicted octanol–water partition coefficient (Wildman–Crippen LogP) is 4.58. The van der Waals surface area contributed by atoms with Crippen molar-refractivity contribution in [3.8, 4) is 10.6 Å². The van der Waals surface area contributed by atoms with E-state index < -0.39 is 23.6 Å². The quantitative estimate of drug-likeness (QED) is 0.893. The molecule has 2 rings (SSSR count). The third-order valence-corrected chi connectivity index (χ3v) is 4.55. The van der Waals surface area contributed by atoms with E-state index in [4.69, 9.17) is 5.11 Å². The summed E-state index contributed by atoms with van der Waals surface area (Å²) in [7, 11) is 0. The fraction of sp³-hybridized carbons (Fsp3) is 0.333. The maximum atomic E-state index is 12.6. The van der Waals surface area contributed by atoms with Gasteiger partial charge in [-0.1, -0.05) is 19.1 Å². The molecule has 0 spiro atoms. The van der Waals surface area contributed by atoms with Gasteiger partial charge in [-0.3, -0.25) is 4.79 Å². The van der Waals surface area contributed by atoms with Crippen molar-refractivity contribution >= 4 is 17.3 Å². The molecule has 0 aliphatic carbocycles. The summed E-state index contributed by atoms with van der Waals surface area (Å²) in [6.45, 7) is 3.44. The number of carboxylic acid groups (broad SMARTS) is 1. The molecule has 1 aromatic carbocycles. The monoisotopic (exact) mass is 329 g/mol. The Bertz CT molecular complexity index is 677. The van der Waals surface area contributed by atoms with Gasteiger partial charge in [-0.25, -0.2) is 4.98 Å². The zero-order valence-corrected chi connectivity index (χ0v) is 12.8. The average Bonchev–Trinajstić information content (AvgIpc) is 2.89. The molecule has 22 heavy (non-hydrogen) atoms. The van der Waals surface area contributed by atoms with E-state index in [1.165, 1.54) is 23.5 Å². The van der Waals surface area contributed by atoms with Crippen LogP contribution in [0.5, 0.6) is 0 Å². The number of aromatic nitrogens is 1. The van der Waals surface area contributed by atoms with Crippen LogP contribution in [0.4, 0.5) is 13.2 Å². The maximum absolute atomic E-state index is 12.6. The number of hydrogen-bond acceptors (Lipinski definition) is 3. The van der Waals surface area contributed by atoms with Crippen LogP contribution in [0.1, 0.15) is 35.9 Å². The Hall–Kier alpha value is -1.89. The van der Waals surface area contributed by atoms with Crippen LogP contribution in [0.2, 0.25) is 0 Å². The number of benzene rings is 1. The van der Waals surface area contributed by atoms with E-state index in [9.17, 15) is 18.0 Å². The molecule has 1 atom stereocenters. The number of halogens is 3. The van der Waals surface area contributed by atoms with Crippen molar-refractivity contribution in [2.24, 2.45) is 0 Å². The third-order valence-electron chi connectivity index (χ3n) is 3.29. The smallest absolute Gasteiger partial charge is 0.416 e. The van der Waals surface area contributed by atoms with Gasteiger partial charge in [0.25, 0.3) is 0 Å². The van der Waals surface area contributed by atoms with Gasteiger partial charge in [0.15, 0.2) is 0 Å². The minimum absolute atomic E-state index is 0.481. The van der Waals surface area contributed by atoms with Crippen LogP contribution in [-0.2, 0) is 17.4 Å². The Balaban J connectivity index is 2.39. The molecule has 1 unspecified atom stereocenters. The van der Waals surface area contributed by atoms with Crippen LogP contribution >= 0.6 is 11.3 Å². The molecule has 0 saturated heterocycles. The van der Waals surface area contributed by atoms with Crippen LogP contribution in [-0.4, -0.2) is 16.1 Å². The van der Waals surface area contributed by atoms with Gasteiger partial charge < -0.3 is 5.11 Å². The average molecular weight is 329 g/mol. The molecule has 0 saturated carbocycles. The van der Waals surface area contributed by atoms with Crippen molar-refractivity contribution in [3.63, 3.8) is 0 Å². The molecule has 1 N–H and O–H groups in total. The second kappa shape index (κ2) is 6.08. The van der Waals surface area contributed by atoms with Crippen LogP contribution in [0.25, 0.3) is 10.6 Å². The summed E-state index contributed by atoms with van der Waals surface area (Å²) in [5.41, 5.74) is 0.314. The Morgan fingerprint density at radius 2 is 1.91 bits per heavy atom. The minimum atomic E-state index is -4.38. The Kier molecular flexibility index (Phi) is 4.55. The summed E-state index contributed by atoms with van der Waals surface area (Å²) in [5.74, 6) is -1.71. The summed E-state index contributed by atoms with van der Waals surface area (Å²) in [5, 5.41) is 9.64. The van der Waals surface area contributed by atoms with E-state index in [1.54, 1.807) is 6.92 Å². The van der Waals surface area contributed by atoms with E-state index in [1.807, 2.05) is 6.92 Å². The Morgan fingerprint density at radius 1 is 1.32 bits per heavy atom. The molecule has 0 aliphatic heterocycles. The summed E-state index contributed by atoms with van der Waals surface area (Å²) < 4.78 is 37.7. The van der Waals surface area contributed by atoms with E-state index in [0.717, 1.165) is 17.0 Å². The second-order valence-corrected chi connectivity index (χ2v) is 5.90. The largest absolute Gasteiger partial charge is 0.481 e. The number of carbonyl (C=O) groups is 1. The summed E-state index contributed by atoms with van der Waals surface area (Å²) in [6, 6.07) is 4.72. The molecule has 7 heteroatoms. The molecular weight excluding hydrogens is 315 g/mol. The number of rotatable bonds is 4. The topological polar surface area (TPSA) is 50.2 Å². The molecule has 1 heterocycles. The SMILES string of the molecule is CCc1sc(-c2ccc(C(F)(F)F)cc2)nc1C(C)C(=O)O. The van der Waals surface area contributed by atoms with Crippen LogP contribution < -0.4 is 0 Å². The Morgan fingerprint density at radius 3 is 2.36 bits per heavy atom. The second-order valence-electron chi connectivity index (χ2n) is 4.82. The van der Waals surface area contributed by atoms with Gasteiger partial charge in [0, 0.05) is 10.4 Å². The lowest BCUT2D eigenvalue weighted by molar-refractivity contribution is -0.139. The molecule has 0 radical (unpaired) electrons. The molecule has 2 aromatic rings. The number of aryl methyl sites for hydroxylation is 1. The van der Waals surface area contributed by atoms with Gasteiger partial charge in [-0.2, -0.15) is 13.2 Å². The van der Waals surface area contributed by atoms with Crippen LogP contribution in [0.15, 0.2) is 24.3 Å². The molecule has 3 nitrogen and oxygen atoms in total. The highest BCUT2D eigenvalue weighted by Crippen LogP contribution is 2.34. The lowest BCUT2D eigenvalue weighted by atomic mass is 10.1. The van der Waals surface area contributed by atoms with Gasteiger partial charge in [0.05, 0.1) is 17.2 Å². The van der Waals surface area contributed by atoms with Crippen molar-refractivity contribution in [3.05, 3.63) is 40.4 Å². The lowest BCUT2D eigenvalue weighted by Crippen LogP contribution is -2.09. The number of aliphatic carboxylic acids is 1. The third kappa shape index (κ3) is 3.30. The summed E-state index contributed by atoms with van der Waals surface area (Å²) >= 11 is 1.32. The van der Waals surface area contributed by atoms with Crippen molar-refractivity contribution in [1.82, 2.24) is 4.98 Å². The first-order chi connectivity index (χ1) is 10.2. The molecule has 1 aromatic heterocycles. The van der Waals surface area contributed by atoms with Crippen LogP contribution in [0.3, 0.4) is 0 Å². The van der Waals surface area contributed by atoms with Gasteiger partial charge in [0.1, 0.15) is 5.01 Å². The highest BCUT2D eigenvalue weighted by Gasteiger charge is 2.30. The number of carboxylic acids is 1. The predicted molar refractivity (Wildman–Crippen MR) is 78.0 cm³/mol. The number of alkyl halides is 3. The fourth-order valence-corrected chi connectivity index (χ4v) is 3.10. The number of nitrogens with zero attached hydrogens (tertiary/aromatic N) is 1. The van der Waals surface area contributed by atoms with E-state index >= 15 is 0 Å². The van der Waals surface area contributed by atoms with Crippen molar-refractivity contribution in [2.45, 2.75) is 32.4 Å². The normalized spacial score (nSPS) is 13.1. The first-order valence-electron chi connectivity index (χ1n) is 6.64. The minimum Gasteiger partial charge on any atom is -0.481 e. The molecule has 0 bridgehead atoms. The molecule has 0 amide bonds. The van der Waals surface area contributed by atoms with E-state index in [0.29, 0.717) is 22.7 Å². The van der Waals surface area contributed by atoms with E-state index in [-0.39, 0.29) is 0 Å². The number of thiazole rings is 1. The molecule has 118 valence electrons. The lowest BCUT2D eigenvalue weighted by Gasteiger charge is -2.06. The highest BCUT2D eigenvalue weighted by atomic mass is 32.1. The first-order valence-corrected chi connectivity index (χ1v) is 7.45. The standard InChI is InChI=1S/C15H14F3NO2S/c1-3-11-12(8(2)14(20)21)19-13(22-11)9-4-6-10(7-5-9)15(16,17)18/h4-8H,3H2,1-2H3,(H,20,21). The Labute approximate surface area is 129 Å². The zero-order valence-electron chi connectivity index (χ0n) is 11.9. The highest BCUT2D eigenvalue weighted by molar-refractivity contribution is 7.15. The summed E-state index contributed by atoms with van der Waals surface area (Å²) in [4.78, 5) is 16.3. The van der Waals surface area contributed by atoms with Gasteiger partial charge in [0.2, 0.25) is 0 Å². The van der Waals surface area contributed by atoms with Crippen molar-refractivity contribution in [1.29, 1.82) is 0 Å². The maximum Gasteiger partial charge on any atom is 0.416 e. The van der Waals surface area contributed by atoms with Crippen molar-refractivity contribution < 1.29 is 23.1 Å². The summed E-state index contributed by atoms with van der Waals surface area (Å²) in [6.07, 6.45) is -3.75.